The highest BCUT2D eigenvalue weighted by atomic mass is 16.2. The van der Waals surface area contributed by atoms with E-state index in [1.807, 2.05) is 27.7 Å². The molecule has 0 spiro atoms. The lowest BCUT2D eigenvalue weighted by atomic mass is 10.1. The first-order valence-electron chi connectivity index (χ1n) is 5.62. The van der Waals surface area contributed by atoms with Crippen molar-refractivity contribution in [2.45, 2.75) is 34.1 Å². The van der Waals surface area contributed by atoms with Crippen molar-refractivity contribution in [2.75, 3.05) is 19.6 Å². The Labute approximate surface area is 92.0 Å². The van der Waals surface area contributed by atoms with Gasteiger partial charge in [-0.15, -0.1) is 0 Å². The number of hydrogen-bond donors (Lipinski definition) is 1. The summed E-state index contributed by atoms with van der Waals surface area (Å²) in [5.74, 6) is -0.0263. The molecule has 1 atom stereocenters. The van der Waals surface area contributed by atoms with Crippen molar-refractivity contribution < 1.29 is 9.59 Å². The molecular formula is C11H22N2O2. The number of rotatable bonds is 6. The fourth-order valence-corrected chi connectivity index (χ4v) is 1.26. The lowest BCUT2D eigenvalue weighted by Crippen LogP contribution is -2.42. The van der Waals surface area contributed by atoms with E-state index < -0.39 is 0 Å². The normalized spacial score (nSPS) is 12.0. The van der Waals surface area contributed by atoms with Crippen molar-refractivity contribution in [1.82, 2.24) is 10.2 Å². The second-order valence-electron chi connectivity index (χ2n) is 3.62. The highest BCUT2D eigenvalue weighted by Gasteiger charge is 2.19. The molecule has 0 aliphatic heterocycles. The van der Waals surface area contributed by atoms with Gasteiger partial charge in [-0.2, -0.15) is 0 Å². The summed E-state index contributed by atoms with van der Waals surface area (Å²) in [5, 5.41) is 2.69. The second-order valence-corrected chi connectivity index (χ2v) is 3.62. The van der Waals surface area contributed by atoms with E-state index in [2.05, 4.69) is 5.32 Å². The summed E-state index contributed by atoms with van der Waals surface area (Å²) >= 11 is 0. The molecule has 0 rings (SSSR count). The highest BCUT2D eigenvalue weighted by Crippen LogP contribution is 2.06. The topological polar surface area (TPSA) is 49.4 Å². The van der Waals surface area contributed by atoms with Crippen LogP contribution in [0.2, 0.25) is 0 Å². The molecule has 0 aromatic heterocycles. The smallest absolute Gasteiger partial charge is 0.239 e. The van der Waals surface area contributed by atoms with E-state index in [9.17, 15) is 9.59 Å². The number of hydrogen-bond acceptors (Lipinski definition) is 2. The van der Waals surface area contributed by atoms with Crippen LogP contribution >= 0.6 is 0 Å². The van der Waals surface area contributed by atoms with Crippen molar-refractivity contribution in [3.05, 3.63) is 0 Å². The Morgan fingerprint density at radius 3 is 2.27 bits per heavy atom. The minimum Gasteiger partial charge on any atom is -0.355 e. The third-order valence-corrected chi connectivity index (χ3v) is 2.44. The van der Waals surface area contributed by atoms with Gasteiger partial charge in [0.05, 0.1) is 6.54 Å². The first-order valence-corrected chi connectivity index (χ1v) is 5.62. The minimum atomic E-state index is -0.0870. The van der Waals surface area contributed by atoms with Gasteiger partial charge in [-0.1, -0.05) is 13.8 Å². The van der Waals surface area contributed by atoms with Crippen molar-refractivity contribution in [1.29, 1.82) is 0 Å². The Balaban J connectivity index is 4.24. The summed E-state index contributed by atoms with van der Waals surface area (Å²) in [6, 6.07) is 0. The lowest BCUT2D eigenvalue weighted by molar-refractivity contribution is -0.138. The zero-order valence-electron chi connectivity index (χ0n) is 10.2. The molecule has 0 saturated carbocycles. The summed E-state index contributed by atoms with van der Waals surface area (Å²) < 4.78 is 0. The van der Waals surface area contributed by atoms with Crippen LogP contribution in [0.3, 0.4) is 0 Å². The van der Waals surface area contributed by atoms with Crippen LogP contribution in [0.25, 0.3) is 0 Å². The molecular weight excluding hydrogens is 192 g/mol. The summed E-state index contributed by atoms with van der Waals surface area (Å²) in [4.78, 5) is 24.7. The lowest BCUT2D eigenvalue weighted by Gasteiger charge is -2.23. The van der Waals surface area contributed by atoms with Gasteiger partial charge in [0.25, 0.3) is 0 Å². The molecule has 4 nitrogen and oxygen atoms in total. The average molecular weight is 214 g/mol. The van der Waals surface area contributed by atoms with Crippen LogP contribution in [0.5, 0.6) is 0 Å². The average Bonchev–Trinajstić information content (AvgIpc) is 2.24. The van der Waals surface area contributed by atoms with Gasteiger partial charge in [-0.3, -0.25) is 9.59 Å². The Morgan fingerprint density at radius 1 is 1.27 bits per heavy atom. The zero-order chi connectivity index (χ0) is 11.8. The molecule has 1 unspecified atom stereocenters. The van der Waals surface area contributed by atoms with E-state index in [0.29, 0.717) is 13.1 Å². The summed E-state index contributed by atoms with van der Waals surface area (Å²) in [5.41, 5.74) is 0. The van der Waals surface area contributed by atoms with E-state index in [1.54, 1.807) is 4.90 Å². The predicted octanol–water partition coefficient (Wildman–Crippen LogP) is 1.02. The van der Waals surface area contributed by atoms with Gasteiger partial charge in [0.2, 0.25) is 11.8 Å². The quantitative estimate of drug-likeness (QED) is 0.717. The summed E-state index contributed by atoms with van der Waals surface area (Å²) in [6.07, 6.45) is 0.810. The number of likely N-dealkylation sites (N-methyl/N-ethyl adjacent to an activating group) is 2. The number of carbonyl (C=O) groups is 2. The van der Waals surface area contributed by atoms with E-state index in [0.717, 1.165) is 6.42 Å². The summed E-state index contributed by atoms with van der Waals surface area (Å²) in [7, 11) is 0. The van der Waals surface area contributed by atoms with Gasteiger partial charge in [0, 0.05) is 19.0 Å². The molecule has 15 heavy (non-hydrogen) atoms. The van der Waals surface area contributed by atoms with Crippen molar-refractivity contribution in [2.24, 2.45) is 5.92 Å². The number of carbonyl (C=O) groups excluding carboxylic acids is 2. The Kier molecular flexibility index (Phi) is 6.75. The maximum atomic E-state index is 11.8. The van der Waals surface area contributed by atoms with Crippen LogP contribution in [0, 0.1) is 5.92 Å². The molecule has 4 heteroatoms. The molecule has 0 saturated heterocycles. The van der Waals surface area contributed by atoms with Crippen LogP contribution in [0.4, 0.5) is 0 Å². The van der Waals surface area contributed by atoms with Crippen LogP contribution in [0.15, 0.2) is 0 Å². The monoisotopic (exact) mass is 214 g/mol. The second kappa shape index (κ2) is 7.26. The van der Waals surface area contributed by atoms with Crippen LogP contribution < -0.4 is 5.32 Å². The van der Waals surface area contributed by atoms with Crippen molar-refractivity contribution in [3.8, 4) is 0 Å². The fraction of sp³-hybridized carbons (Fsp3) is 0.818. The van der Waals surface area contributed by atoms with E-state index in [1.165, 1.54) is 0 Å². The zero-order valence-corrected chi connectivity index (χ0v) is 10.2. The Morgan fingerprint density at radius 2 is 1.87 bits per heavy atom. The predicted molar refractivity (Wildman–Crippen MR) is 60.4 cm³/mol. The molecule has 0 aromatic carbocycles. The molecule has 0 radical (unpaired) electrons. The van der Waals surface area contributed by atoms with E-state index in [4.69, 9.17) is 0 Å². The van der Waals surface area contributed by atoms with Crippen molar-refractivity contribution >= 4 is 11.8 Å². The molecule has 88 valence electrons. The molecule has 0 fully saturated rings. The van der Waals surface area contributed by atoms with Crippen LogP contribution in [-0.2, 0) is 9.59 Å². The standard InChI is InChI=1S/C11H22N2O2/c1-5-9(4)11(15)13(7-3)8-10(14)12-6-2/h9H,5-8H2,1-4H3,(H,12,14). The Bertz CT molecular complexity index is 217. The van der Waals surface area contributed by atoms with Gasteiger partial charge in [-0.05, 0) is 20.3 Å². The number of nitrogens with one attached hydrogen (secondary N) is 1. The highest BCUT2D eigenvalue weighted by molar-refractivity contribution is 5.85. The maximum absolute atomic E-state index is 11.8. The van der Waals surface area contributed by atoms with Crippen LogP contribution in [0.1, 0.15) is 34.1 Å². The third-order valence-electron chi connectivity index (χ3n) is 2.44. The van der Waals surface area contributed by atoms with Gasteiger partial charge in [-0.25, -0.2) is 0 Å². The largest absolute Gasteiger partial charge is 0.355 e. The SMILES string of the molecule is CCNC(=O)CN(CC)C(=O)C(C)CC. The molecule has 0 bridgehead atoms. The summed E-state index contributed by atoms with van der Waals surface area (Å²) in [6.45, 7) is 8.98. The van der Waals surface area contributed by atoms with Crippen molar-refractivity contribution in [3.63, 3.8) is 0 Å². The van der Waals surface area contributed by atoms with E-state index >= 15 is 0 Å². The third kappa shape index (κ3) is 4.81. The van der Waals surface area contributed by atoms with Gasteiger partial charge in [0.1, 0.15) is 0 Å². The minimum absolute atomic E-state index is 0.000577. The molecule has 2 amide bonds. The van der Waals surface area contributed by atoms with E-state index in [-0.39, 0.29) is 24.3 Å². The molecule has 0 aliphatic rings. The number of nitrogens with zero attached hydrogens (tertiary/aromatic N) is 1. The fourth-order valence-electron chi connectivity index (χ4n) is 1.26. The van der Waals surface area contributed by atoms with Crippen LogP contribution in [-0.4, -0.2) is 36.3 Å². The molecule has 0 aromatic rings. The van der Waals surface area contributed by atoms with Gasteiger partial charge >= 0.3 is 0 Å². The molecule has 0 aliphatic carbocycles. The molecule has 1 N–H and O–H groups in total. The Hall–Kier alpha value is -1.06. The molecule has 0 heterocycles. The van der Waals surface area contributed by atoms with Gasteiger partial charge in [0.15, 0.2) is 0 Å². The number of amides is 2. The first-order chi connectivity index (χ1) is 7.06. The first kappa shape index (κ1) is 13.9. The maximum Gasteiger partial charge on any atom is 0.239 e. The van der Waals surface area contributed by atoms with Gasteiger partial charge < -0.3 is 10.2 Å².